The topological polar surface area (TPSA) is 627 Å². The van der Waals surface area contributed by atoms with Gasteiger partial charge in [-0.3, -0.25) is 0 Å². The molecule has 0 saturated carbocycles. The van der Waals surface area contributed by atoms with Crippen LogP contribution in [-0.2, 0) is 112 Å². The molecule has 14 N–H and O–H groups in total. The first-order valence-electron chi connectivity index (χ1n) is 46.5. The maximum absolute atomic E-state index is 12.9. The molecule has 21 fully saturated rings. The summed E-state index contributed by atoms with van der Waals surface area (Å²) in [4.78, 5) is 0. The van der Waals surface area contributed by atoms with E-state index in [9.17, 15) is 71.5 Å². The third kappa shape index (κ3) is 19.2. The van der Waals surface area contributed by atoms with Gasteiger partial charge in [0.15, 0.2) is 44.0 Å². The molecule has 14 bridgehead atoms. The molecule has 28 heterocycles. The van der Waals surface area contributed by atoms with Crippen LogP contribution >= 0.6 is 0 Å². The summed E-state index contributed by atoms with van der Waals surface area (Å²) >= 11 is 0. The quantitative estimate of drug-likeness (QED) is 0.0322. The number of allylic oxidation sites excluding steroid dienone is 28. The van der Waals surface area contributed by atoms with Gasteiger partial charge in [-0.2, -0.15) is 0 Å². The fraction of sp³-hybridized carbons (Fsp3) is 0.538. The summed E-state index contributed by atoms with van der Waals surface area (Å²) in [6.07, 6.45) is -6.19. The van der Waals surface area contributed by atoms with E-state index in [0.29, 0.717) is 39.9 Å². The molecule has 21 saturated heterocycles. The summed E-state index contributed by atoms with van der Waals surface area (Å²) in [6, 6.07) is 0. The molecule has 7 aromatic heterocycles. The number of nitrogens with zero attached hydrogens (tertiary/aromatic N) is 21. The minimum Gasteiger partial charge on any atom is -0.387 e. The van der Waals surface area contributed by atoms with Gasteiger partial charge < -0.3 is 138 Å². The van der Waals surface area contributed by atoms with E-state index in [0.717, 1.165) is 0 Å². The molecule has 140 heavy (non-hydrogen) atoms. The van der Waals surface area contributed by atoms with E-state index in [1.54, 1.807) is 43.4 Å². The molecule has 0 spiro atoms. The monoisotopic (exact) mass is 1940 g/mol. The van der Waals surface area contributed by atoms with Gasteiger partial charge in [0, 0.05) is 84.8 Å². The Labute approximate surface area is 794 Å². The van der Waals surface area contributed by atoms with Gasteiger partial charge >= 0.3 is 0 Å². The van der Waals surface area contributed by atoms with Crippen LogP contribution in [0.2, 0.25) is 0 Å². The summed E-state index contributed by atoms with van der Waals surface area (Å²) in [7, 11) is 0. The second-order valence-electron chi connectivity index (χ2n) is 37.0. The van der Waals surface area contributed by atoms with Crippen LogP contribution in [0, 0.1) is 0 Å². The Morgan fingerprint density at radius 2 is 0.279 bits per heavy atom. The number of hydrogen-bond acceptors (Lipinski definition) is 42. The van der Waals surface area contributed by atoms with Gasteiger partial charge in [0.05, 0.1) is 85.7 Å². The van der Waals surface area contributed by atoms with E-state index in [2.05, 4.69) is 72.2 Å². The molecular formula is C91H105N21O28. The van der Waals surface area contributed by atoms with Crippen molar-refractivity contribution in [3.8, 4) is 0 Å². The highest BCUT2D eigenvalue weighted by Gasteiger charge is 2.61. The van der Waals surface area contributed by atoms with Gasteiger partial charge in [-0.15, -0.1) is 35.7 Å². The Bertz CT molecular complexity index is 4890. The highest BCUT2D eigenvalue weighted by Crippen LogP contribution is 2.43. The lowest BCUT2D eigenvalue weighted by molar-refractivity contribution is -0.395. The highest BCUT2D eigenvalue weighted by molar-refractivity contribution is 5.35. The van der Waals surface area contributed by atoms with Crippen LogP contribution in [0.5, 0.6) is 0 Å². The van der Waals surface area contributed by atoms with Gasteiger partial charge in [0.1, 0.15) is 171 Å². The van der Waals surface area contributed by atoms with E-state index in [4.69, 9.17) is 66.3 Å². The highest BCUT2D eigenvalue weighted by atomic mass is 16.8. The molecule has 35 atom stereocenters. The summed E-state index contributed by atoms with van der Waals surface area (Å²) in [6.45, 7) is -2.84. The predicted octanol–water partition coefficient (Wildman–Crippen LogP) is -4.67. The molecule has 28 aliphatic rings. The predicted molar refractivity (Wildman–Crippen MR) is 466 cm³/mol. The Kier molecular flexibility index (Phi) is 27.0. The second-order valence-corrected chi connectivity index (χ2v) is 37.0. The second kappa shape index (κ2) is 40.2. The van der Waals surface area contributed by atoms with Crippen molar-refractivity contribution in [2.24, 2.45) is 0 Å². The zero-order valence-electron chi connectivity index (χ0n) is 74.3. The zero-order valence-corrected chi connectivity index (χ0v) is 74.3. The van der Waals surface area contributed by atoms with E-state index in [1.807, 2.05) is 170 Å². The number of hydrogen-bond donors (Lipinski definition) is 14. The molecule has 49 heteroatoms. The largest absolute Gasteiger partial charge is 0.387 e. The number of ether oxygens (including phenoxy) is 14. The van der Waals surface area contributed by atoms with Crippen LogP contribution < -0.4 is 0 Å². The average molecular weight is 1940 g/mol. The fourth-order valence-corrected chi connectivity index (χ4v) is 20.0. The molecule has 49 nitrogen and oxygen atoms in total. The molecule has 35 unspecified atom stereocenters. The van der Waals surface area contributed by atoms with Crippen molar-refractivity contribution in [1.82, 2.24) is 105 Å². The fourth-order valence-electron chi connectivity index (χ4n) is 20.0. The minimum atomic E-state index is -2.22. The molecule has 0 radical (unpaired) electrons. The molecule has 7 aliphatic carbocycles. The van der Waals surface area contributed by atoms with Crippen LogP contribution in [-0.4, -0.2) is 391 Å². The summed E-state index contributed by atoms with van der Waals surface area (Å²) in [5.41, 5.74) is 3.29. The minimum absolute atomic E-state index is 0.324. The van der Waals surface area contributed by atoms with E-state index < -0.39 is 261 Å². The van der Waals surface area contributed by atoms with Gasteiger partial charge in [-0.05, 0) is 0 Å². The molecular weight excluding hydrogens is 1840 g/mol. The van der Waals surface area contributed by atoms with Crippen LogP contribution in [0.4, 0.5) is 0 Å². The van der Waals surface area contributed by atoms with Gasteiger partial charge in [0.2, 0.25) is 0 Å². The van der Waals surface area contributed by atoms with E-state index in [-0.39, 0.29) is 41.4 Å². The lowest BCUT2D eigenvalue weighted by Crippen LogP contribution is -2.68. The molecule has 7 aromatic rings. The maximum Gasteiger partial charge on any atom is 0.187 e. The Hall–Kier alpha value is -10.8. The molecule has 35 rings (SSSR count). The van der Waals surface area contributed by atoms with Gasteiger partial charge in [-0.25, -0.2) is 32.8 Å². The molecule has 0 amide bonds. The van der Waals surface area contributed by atoms with Crippen molar-refractivity contribution in [3.05, 3.63) is 253 Å². The normalized spacial score (nSPS) is 39.2. The first-order chi connectivity index (χ1) is 68.0. The van der Waals surface area contributed by atoms with Crippen LogP contribution in [0.3, 0.4) is 0 Å². The number of aliphatic hydroxyl groups is 14. The summed E-state index contributed by atoms with van der Waals surface area (Å²) in [5, 5.41) is 242. The van der Waals surface area contributed by atoms with Crippen LogP contribution in [0.25, 0.3) is 0 Å². The molecule has 21 aliphatic heterocycles. The van der Waals surface area contributed by atoms with Crippen molar-refractivity contribution >= 4 is 0 Å². The lowest BCUT2D eigenvalue weighted by Gasteiger charge is -2.50. The van der Waals surface area contributed by atoms with Crippen molar-refractivity contribution in [2.75, 3.05) is 0 Å². The standard InChI is InChI=1S/C91H105N21O28/c113-64-71(120)85-127-57(36-106-29-50(92-99-106)43-15-1-2-16-43)78(64)134-86-72(121)65(114)80(59(128-86)38-108-31-52(94-101-108)45-19-5-6-20-45)136-88-74(123)67(116)82(61(130-88)40-110-33-54(96-103-110)47-23-9-10-24-47)138-90-76(125)69(118)84(63(132-90)42-112-35-56(98-105-112)49-27-13-14-28-49)140-91-77(126)70(119)83(62(133-91)41-111-34-55(97-104-111)48-25-11-12-26-48)139-89-75(124)68(117)81(60(131-89)39-109-32-53(95-102-109)46-21-7-8-22-46)137-87-73(122)66(115)79(135-85)58(129-87)37-107-30-51(93-100-107)44-17-3-4-18-44/h1-35,43-49,57-91,113-126H,36-42H2. The SMILES string of the molecule is OC1C2OC(Cn3cc(C4C=CC=C4)nn3)C(OC3OC(Cn4cc(C5C=CC=C5)nn4)C(OC4OC(Cn5cc(C6C=CC=C6)nn5)C(OC5OC(Cn6cc(C7C=CC=C7)nn6)C(OC6OC(Cn7cc(C8C=CC=C8)nn7)C(OC7OC(Cn8cc(C9C=CC=C9)nn8)C(OC8OC(Cn9cc(C%10C=CC=C%10)nn9)C(O2)C(O)C8O)C(O)C7O)C(O)C6O)C(O)C5O)C(O)C4O)C(O)C3O)C1O. The Morgan fingerprint density at radius 1 is 0.164 bits per heavy atom. The van der Waals surface area contributed by atoms with Crippen LogP contribution in [0.1, 0.15) is 81.3 Å². The van der Waals surface area contributed by atoms with Crippen LogP contribution in [0.15, 0.2) is 214 Å². The number of aliphatic hydroxyl groups excluding tert-OH is 14. The van der Waals surface area contributed by atoms with Crippen molar-refractivity contribution in [3.63, 3.8) is 0 Å². The Morgan fingerprint density at radius 3 is 0.393 bits per heavy atom. The van der Waals surface area contributed by atoms with Crippen molar-refractivity contribution in [1.29, 1.82) is 0 Å². The smallest absolute Gasteiger partial charge is 0.187 e. The maximum atomic E-state index is 12.9. The third-order valence-corrected chi connectivity index (χ3v) is 27.6. The van der Waals surface area contributed by atoms with E-state index in [1.165, 1.54) is 32.8 Å². The third-order valence-electron chi connectivity index (χ3n) is 27.6. The van der Waals surface area contributed by atoms with E-state index >= 15 is 0 Å². The molecule has 0 aromatic carbocycles. The van der Waals surface area contributed by atoms with Crippen molar-refractivity contribution in [2.45, 2.75) is 302 Å². The lowest BCUT2D eigenvalue weighted by atomic mass is 9.94. The first kappa shape index (κ1) is 94.1. The zero-order chi connectivity index (χ0) is 95.8. The van der Waals surface area contributed by atoms with Crippen molar-refractivity contribution < 1.29 is 138 Å². The van der Waals surface area contributed by atoms with Gasteiger partial charge in [-0.1, -0.05) is 207 Å². The summed E-state index contributed by atoms with van der Waals surface area (Å²) in [5.74, 6) is -2.27. The number of aromatic nitrogens is 21. The molecule has 742 valence electrons. The average Bonchev–Trinajstić information content (AvgIpc) is 1.53. The number of rotatable bonds is 21. The van der Waals surface area contributed by atoms with Gasteiger partial charge in [0.25, 0.3) is 0 Å². The Balaban J connectivity index is 0.644. The first-order valence-corrected chi connectivity index (χ1v) is 46.5. The summed E-state index contributed by atoms with van der Waals surface area (Å²) < 4.78 is 104.